The van der Waals surface area contributed by atoms with E-state index in [1.165, 1.54) is 24.3 Å². The van der Waals surface area contributed by atoms with E-state index >= 15 is 0 Å². The lowest BCUT2D eigenvalue weighted by Crippen LogP contribution is -2.29. The van der Waals surface area contributed by atoms with Crippen LogP contribution in [0.15, 0.2) is 47.8 Å². The minimum Gasteiger partial charge on any atom is -0.349 e. The lowest BCUT2D eigenvalue weighted by atomic mass is 10.0. The van der Waals surface area contributed by atoms with Crippen LogP contribution in [0, 0.1) is 18.6 Å². The Kier molecular flexibility index (Phi) is 6.33. The third-order valence-corrected chi connectivity index (χ3v) is 4.97. The van der Waals surface area contributed by atoms with Crippen LogP contribution in [-0.2, 0) is 9.59 Å². The average molecular weight is 415 g/mol. The SMILES string of the molecule is CC(=O)NC(CC(=O)Nc1nc(-c2ccc(F)c(F)c2)cs1)c1ccc(C)cc1. The first-order chi connectivity index (χ1) is 13.8. The second kappa shape index (κ2) is 8.91. The molecule has 0 aliphatic carbocycles. The molecule has 150 valence electrons. The number of benzene rings is 2. The van der Waals surface area contributed by atoms with Gasteiger partial charge in [0, 0.05) is 17.9 Å². The van der Waals surface area contributed by atoms with Gasteiger partial charge in [-0.05, 0) is 30.7 Å². The molecule has 2 N–H and O–H groups in total. The van der Waals surface area contributed by atoms with Gasteiger partial charge in [-0.15, -0.1) is 11.3 Å². The minimum absolute atomic E-state index is 0.0305. The summed E-state index contributed by atoms with van der Waals surface area (Å²) in [6, 6.07) is 10.6. The van der Waals surface area contributed by atoms with Gasteiger partial charge in [-0.1, -0.05) is 29.8 Å². The highest BCUT2D eigenvalue weighted by Crippen LogP contribution is 2.27. The molecular weight excluding hydrogens is 396 g/mol. The van der Waals surface area contributed by atoms with Crippen molar-refractivity contribution in [3.63, 3.8) is 0 Å². The second-order valence-corrected chi connectivity index (χ2v) is 7.44. The highest BCUT2D eigenvalue weighted by atomic mass is 32.1. The van der Waals surface area contributed by atoms with Crippen molar-refractivity contribution in [3.8, 4) is 11.3 Å². The molecule has 8 heteroatoms. The van der Waals surface area contributed by atoms with Crippen LogP contribution in [0.3, 0.4) is 0 Å². The number of aryl methyl sites for hydroxylation is 1. The highest BCUT2D eigenvalue weighted by Gasteiger charge is 2.18. The van der Waals surface area contributed by atoms with E-state index in [9.17, 15) is 18.4 Å². The molecule has 2 amide bonds. The highest BCUT2D eigenvalue weighted by molar-refractivity contribution is 7.14. The van der Waals surface area contributed by atoms with Crippen molar-refractivity contribution >= 4 is 28.3 Å². The number of nitrogens with zero attached hydrogens (tertiary/aromatic N) is 1. The molecular formula is C21H19F2N3O2S. The molecule has 0 radical (unpaired) electrons. The Bertz CT molecular complexity index is 1030. The van der Waals surface area contributed by atoms with Gasteiger partial charge in [0.25, 0.3) is 0 Å². The first kappa shape index (κ1) is 20.6. The summed E-state index contributed by atoms with van der Waals surface area (Å²) in [5, 5.41) is 7.45. The number of carbonyl (C=O) groups is 2. The van der Waals surface area contributed by atoms with E-state index in [4.69, 9.17) is 0 Å². The van der Waals surface area contributed by atoms with Crippen molar-refractivity contribution < 1.29 is 18.4 Å². The van der Waals surface area contributed by atoms with Crippen molar-refractivity contribution in [2.24, 2.45) is 0 Å². The molecule has 0 bridgehead atoms. The molecule has 1 heterocycles. The first-order valence-corrected chi connectivity index (χ1v) is 9.74. The Hall–Kier alpha value is -3.13. The molecule has 1 atom stereocenters. The van der Waals surface area contributed by atoms with E-state index in [1.807, 2.05) is 31.2 Å². The van der Waals surface area contributed by atoms with Crippen LogP contribution in [0.25, 0.3) is 11.3 Å². The van der Waals surface area contributed by atoms with E-state index < -0.39 is 17.7 Å². The number of amides is 2. The maximum absolute atomic E-state index is 13.4. The predicted octanol–water partition coefficient (Wildman–Crippen LogP) is 4.60. The van der Waals surface area contributed by atoms with Crippen molar-refractivity contribution in [2.75, 3.05) is 5.32 Å². The van der Waals surface area contributed by atoms with Crippen LogP contribution >= 0.6 is 11.3 Å². The predicted molar refractivity (Wildman–Crippen MR) is 108 cm³/mol. The number of anilines is 1. The Morgan fingerprint density at radius 3 is 2.48 bits per heavy atom. The van der Waals surface area contributed by atoms with Gasteiger partial charge < -0.3 is 10.6 Å². The Morgan fingerprint density at radius 2 is 1.83 bits per heavy atom. The van der Waals surface area contributed by atoms with Crippen LogP contribution in [0.2, 0.25) is 0 Å². The van der Waals surface area contributed by atoms with Crippen LogP contribution in [-0.4, -0.2) is 16.8 Å². The normalized spacial score (nSPS) is 11.7. The third kappa shape index (κ3) is 5.45. The summed E-state index contributed by atoms with van der Waals surface area (Å²) < 4.78 is 26.5. The van der Waals surface area contributed by atoms with Gasteiger partial charge >= 0.3 is 0 Å². The van der Waals surface area contributed by atoms with E-state index in [-0.39, 0.29) is 18.2 Å². The van der Waals surface area contributed by atoms with Crippen LogP contribution in [0.4, 0.5) is 13.9 Å². The molecule has 0 spiro atoms. The summed E-state index contributed by atoms with van der Waals surface area (Å²) in [7, 11) is 0. The summed E-state index contributed by atoms with van der Waals surface area (Å²) in [4.78, 5) is 28.3. The zero-order valence-electron chi connectivity index (χ0n) is 15.8. The molecule has 0 aliphatic heterocycles. The summed E-state index contributed by atoms with van der Waals surface area (Å²) in [5.41, 5.74) is 2.74. The molecule has 0 aliphatic rings. The zero-order chi connectivity index (χ0) is 21.0. The van der Waals surface area contributed by atoms with Gasteiger partial charge in [-0.2, -0.15) is 0 Å². The van der Waals surface area contributed by atoms with Crippen molar-refractivity contribution in [2.45, 2.75) is 26.3 Å². The number of nitrogens with one attached hydrogen (secondary N) is 2. The quantitative estimate of drug-likeness (QED) is 0.618. The Morgan fingerprint density at radius 1 is 1.10 bits per heavy atom. The molecule has 0 saturated carbocycles. The van der Waals surface area contributed by atoms with Gasteiger partial charge in [0.15, 0.2) is 16.8 Å². The maximum Gasteiger partial charge on any atom is 0.228 e. The summed E-state index contributed by atoms with van der Waals surface area (Å²) in [6.45, 7) is 3.35. The molecule has 0 saturated heterocycles. The Balaban J connectivity index is 1.70. The van der Waals surface area contributed by atoms with Crippen LogP contribution in [0.5, 0.6) is 0 Å². The molecule has 3 aromatic rings. The fourth-order valence-corrected chi connectivity index (χ4v) is 3.51. The first-order valence-electron chi connectivity index (χ1n) is 8.86. The number of hydrogen-bond acceptors (Lipinski definition) is 4. The van der Waals surface area contributed by atoms with Gasteiger partial charge in [0.2, 0.25) is 11.8 Å². The van der Waals surface area contributed by atoms with Gasteiger partial charge in [-0.25, -0.2) is 13.8 Å². The number of rotatable bonds is 6. The van der Waals surface area contributed by atoms with E-state index in [0.717, 1.165) is 23.3 Å². The van der Waals surface area contributed by atoms with Gasteiger partial charge in [0.1, 0.15) is 0 Å². The Labute approximate surface area is 170 Å². The van der Waals surface area contributed by atoms with Crippen molar-refractivity contribution in [3.05, 3.63) is 70.6 Å². The van der Waals surface area contributed by atoms with Gasteiger partial charge in [0.05, 0.1) is 18.2 Å². The third-order valence-electron chi connectivity index (χ3n) is 4.21. The summed E-state index contributed by atoms with van der Waals surface area (Å²) >= 11 is 1.17. The fourth-order valence-electron chi connectivity index (χ4n) is 2.77. The minimum atomic E-state index is -0.961. The molecule has 1 unspecified atom stereocenters. The molecule has 1 aromatic heterocycles. The number of thiazole rings is 1. The van der Waals surface area contributed by atoms with Crippen molar-refractivity contribution in [1.82, 2.24) is 10.3 Å². The number of aromatic nitrogens is 1. The lowest BCUT2D eigenvalue weighted by Gasteiger charge is -2.18. The van der Waals surface area contributed by atoms with E-state index in [1.54, 1.807) is 5.38 Å². The van der Waals surface area contributed by atoms with Crippen LogP contribution < -0.4 is 10.6 Å². The van der Waals surface area contributed by atoms with Crippen LogP contribution in [0.1, 0.15) is 30.5 Å². The summed E-state index contributed by atoms with van der Waals surface area (Å²) in [6.07, 6.45) is 0.0305. The molecule has 29 heavy (non-hydrogen) atoms. The summed E-state index contributed by atoms with van der Waals surface area (Å²) in [5.74, 6) is -2.45. The van der Waals surface area contributed by atoms with E-state index in [0.29, 0.717) is 16.4 Å². The number of hydrogen-bond donors (Lipinski definition) is 2. The molecule has 0 fully saturated rings. The topological polar surface area (TPSA) is 71.1 Å². The standard InChI is InChI=1S/C21H19F2N3O2S/c1-12-3-5-14(6-4-12)18(24-13(2)27)10-20(28)26-21-25-19(11-29-21)15-7-8-16(22)17(23)9-15/h3-9,11,18H,10H2,1-2H3,(H,24,27)(H,25,26,28). The van der Waals surface area contributed by atoms with E-state index in [2.05, 4.69) is 15.6 Å². The smallest absolute Gasteiger partial charge is 0.228 e. The second-order valence-electron chi connectivity index (χ2n) is 6.58. The molecule has 5 nitrogen and oxygen atoms in total. The fraction of sp³-hybridized carbons (Fsp3) is 0.190. The average Bonchev–Trinajstić information content (AvgIpc) is 3.12. The lowest BCUT2D eigenvalue weighted by molar-refractivity contribution is -0.120. The van der Waals surface area contributed by atoms with Crippen molar-refractivity contribution in [1.29, 1.82) is 0 Å². The van der Waals surface area contributed by atoms with Gasteiger partial charge in [-0.3, -0.25) is 9.59 Å². The maximum atomic E-state index is 13.4. The zero-order valence-corrected chi connectivity index (χ0v) is 16.6. The molecule has 2 aromatic carbocycles. The number of carbonyl (C=O) groups excluding carboxylic acids is 2. The largest absolute Gasteiger partial charge is 0.349 e. The monoisotopic (exact) mass is 415 g/mol. The molecule has 3 rings (SSSR count). The number of halogens is 2.